The molecule has 0 aromatic heterocycles. The maximum atomic E-state index is 15.0. The van der Waals surface area contributed by atoms with Crippen LogP contribution in [0.5, 0.6) is 11.5 Å². The van der Waals surface area contributed by atoms with Crippen LogP contribution in [-0.4, -0.2) is 160 Å². The standard InChI is InChI=1S/C56H76N14O13S2/c1-56(2)29-46(74)63-39(27-33-15-19-35(83-3)20-16-33)50(78)67-40(26-31-9-5-4-6-10-31)51(79)64-37(21-22-44(57)72)49(77)68-41(28-45(58)73)52(80)69-42(30-84-85-56)54(82)70-24-8-12-43(70)53(81)65-36(11-7-23-62-55(60)61)48(76)66-38(47(59)75)25-32-13-17-34(71)18-14-32/h4-6,9-10,13-20,36-43,71H,7-8,11-12,21-30H2,1-3H3,(H2,57,72)(H2,58,73)(H2,59,75)(H,63,74)(H,64,79)(H,65,81)(H,66,76)(H,67,78)(H,68,77)(H,69,80)(H4,60,61,62)/t36-,37-,38-,39?,40?,41-,42?,43-/m0/s1. The number of carbonyl (C=O) groups is 11. The number of hydrogen-bond donors (Lipinski definition) is 13. The predicted octanol–water partition coefficient (Wildman–Crippen LogP) is -1.94. The highest BCUT2D eigenvalue weighted by molar-refractivity contribution is 8.77. The molecule has 2 saturated heterocycles. The zero-order valence-corrected chi connectivity index (χ0v) is 49.1. The van der Waals surface area contributed by atoms with Crippen molar-refractivity contribution in [2.45, 2.75) is 138 Å². The summed E-state index contributed by atoms with van der Waals surface area (Å²) >= 11 is 0. The van der Waals surface area contributed by atoms with Crippen LogP contribution in [0.4, 0.5) is 0 Å². The van der Waals surface area contributed by atoms with Gasteiger partial charge in [0.05, 0.1) is 13.5 Å². The Balaban J connectivity index is 1.49. The Bertz CT molecular complexity index is 2900. The van der Waals surface area contributed by atoms with Gasteiger partial charge in [-0.25, -0.2) is 0 Å². The third-order valence-electron chi connectivity index (χ3n) is 13.7. The number of nitrogens with two attached hydrogens (primary N) is 5. The van der Waals surface area contributed by atoms with Gasteiger partial charge in [-0.05, 0) is 86.9 Å². The first-order valence-electron chi connectivity index (χ1n) is 27.4. The molecular weight excluding hydrogens is 1140 g/mol. The maximum absolute atomic E-state index is 15.0. The molecule has 29 heteroatoms. The fraction of sp³-hybridized carbons (Fsp3) is 0.464. The van der Waals surface area contributed by atoms with Crippen molar-refractivity contribution in [1.82, 2.24) is 42.1 Å². The highest BCUT2D eigenvalue weighted by Crippen LogP contribution is 2.39. The van der Waals surface area contributed by atoms with Crippen LogP contribution < -0.4 is 70.6 Å². The van der Waals surface area contributed by atoms with E-state index in [0.717, 1.165) is 21.6 Å². The third-order valence-corrected chi connectivity index (χ3v) is 17.0. The molecule has 2 aliphatic rings. The number of aliphatic imine (C=N–C) groups is 1. The number of methoxy groups -OCH3 is 1. The number of primary amides is 3. The van der Waals surface area contributed by atoms with Crippen molar-refractivity contribution in [2.24, 2.45) is 33.7 Å². The molecule has 2 heterocycles. The number of hydrogen-bond acceptors (Lipinski definition) is 16. The summed E-state index contributed by atoms with van der Waals surface area (Å²) in [5.74, 6) is -9.54. The molecule has 2 aliphatic heterocycles. The van der Waals surface area contributed by atoms with Crippen LogP contribution in [0.1, 0.15) is 81.9 Å². The van der Waals surface area contributed by atoms with Crippen molar-refractivity contribution >= 4 is 92.5 Å². The van der Waals surface area contributed by atoms with E-state index in [-0.39, 0.29) is 81.9 Å². The number of benzene rings is 3. The van der Waals surface area contributed by atoms with Crippen LogP contribution in [0.2, 0.25) is 0 Å². The van der Waals surface area contributed by atoms with Crippen LogP contribution in [0.25, 0.3) is 0 Å². The summed E-state index contributed by atoms with van der Waals surface area (Å²) in [7, 11) is 3.72. The van der Waals surface area contributed by atoms with E-state index in [1.807, 2.05) is 0 Å². The van der Waals surface area contributed by atoms with E-state index in [1.54, 1.807) is 68.4 Å². The summed E-state index contributed by atoms with van der Waals surface area (Å²) in [6, 6.07) is 9.78. The number of nitrogens with one attached hydrogen (secondary N) is 7. The second-order valence-electron chi connectivity index (χ2n) is 21.1. The number of likely N-dealkylation sites (tertiary alicyclic amines) is 1. The molecule has 0 aliphatic carbocycles. The normalized spacial score (nSPS) is 21.4. The van der Waals surface area contributed by atoms with Gasteiger partial charge in [0, 0.05) is 55.7 Å². The fourth-order valence-corrected chi connectivity index (χ4v) is 12.0. The van der Waals surface area contributed by atoms with Gasteiger partial charge in [0.25, 0.3) is 0 Å². The Labute approximate surface area is 499 Å². The Morgan fingerprint density at radius 3 is 1.93 bits per heavy atom. The van der Waals surface area contributed by atoms with Crippen molar-refractivity contribution in [3.8, 4) is 11.5 Å². The van der Waals surface area contributed by atoms with E-state index >= 15 is 0 Å². The summed E-state index contributed by atoms with van der Waals surface area (Å²) in [4.78, 5) is 158. The number of phenols is 1. The monoisotopic (exact) mass is 1220 g/mol. The highest BCUT2D eigenvalue weighted by atomic mass is 33.1. The fourth-order valence-electron chi connectivity index (χ4n) is 9.32. The van der Waals surface area contributed by atoms with Crippen LogP contribution >= 0.6 is 21.6 Å². The lowest BCUT2D eigenvalue weighted by molar-refractivity contribution is -0.142. The number of ether oxygens (including phenoxy) is 1. The second-order valence-corrected chi connectivity index (χ2v) is 24.2. The van der Waals surface area contributed by atoms with Crippen LogP contribution in [0.15, 0.2) is 83.9 Å². The average molecular weight is 1220 g/mol. The Hall–Kier alpha value is -8.60. The van der Waals surface area contributed by atoms with Crippen molar-refractivity contribution in [2.75, 3.05) is 26.0 Å². The molecule has 2 fully saturated rings. The van der Waals surface area contributed by atoms with E-state index in [2.05, 4.69) is 42.2 Å². The van der Waals surface area contributed by atoms with E-state index in [0.29, 0.717) is 22.4 Å². The summed E-state index contributed by atoms with van der Waals surface area (Å²) in [5.41, 5.74) is 29.6. The quantitative estimate of drug-likeness (QED) is 0.0225. The number of nitrogens with zero attached hydrogens (tertiary/aromatic N) is 2. The molecule has 460 valence electrons. The van der Waals surface area contributed by atoms with E-state index < -0.39 is 137 Å². The smallest absolute Gasteiger partial charge is 0.246 e. The minimum atomic E-state index is -1.80. The summed E-state index contributed by atoms with van der Waals surface area (Å²) in [6.07, 6.45) is -1.63. The van der Waals surface area contributed by atoms with Gasteiger partial charge in [-0.15, -0.1) is 0 Å². The lowest BCUT2D eigenvalue weighted by Crippen LogP contribution is -2.61. The molecule has 3 aromatic rings. The molecule has 0 bridgehead atoms. The lowest BCUT2D eigenvalue weighted by atomic mass is 10.0. The van der Waals surface area contributed by atoms with Gasteiger partial charge in [0.1, 0.15) is 59.8 Å². The molecule has 0 radical (unpaired) electrons. The van der Waals surface area contributed by atoms with Crippen molar-refractivity contribution < 1.29 is 62.6 Å². The van der Waals surface area contributed by atoms with E-state index in [1.165, 1.54) is 36.3 Å². The Morgan fingerprint density at radius 1 is 0.729 bits per heavy atom. The van der Waals surface area contributed by atoms with Crippen LogP contribution in [0, 0.1) is 0 Å². The van der Waals surface area contributed by atoms with Gasteiger partial charge in [-0.3, -0.25) is 57.7 Å². The van der Waals surface area contributed by atoms with Gasteiger partial charge in [0.2, 0.25) is 65.0 Å². The molecule has 18 N–H and O–H groups in total. The molecule has 3 aromatic carbocycles. The summed E-state index contributed by atoms with van der Waals surface area (Å²) in [6.45, 7) is 3.52. The van der Waals surface area contributed by atoms with Crippen molar-refractivity contribution in [1.29, 1.82) is 0 Å². The SMILES string of the molecule is COc1ccc(CC2NC(=O)CC(C)(C)SSCC(C(=O)N3CCC[C@H]3C(=O)N[C@@H](CCCN=C(N)N)C(=O)N[C@@H](Cc3ccc(O)cc3)C(N)=O)NC(=O)[C@H](CC(N)=O)NC(=O)[C@H](CCC(N)=O)NC(=O)C(Cc3ccccc3)NC2=O)cc1. The molecule has 11 amide bonds. The first-order valence-corrected chi connectivity index (χ1v) is 29.7. The highest BCUT2D eigenvalue weighted by Gasteiger charge is 2.41. The zero-order valence-electron chi connectivity index (χ0n) is 47.5. The Kier molecular flexibility index (Phi) is 25.7. The minimum Gasteiger partial charge on any atom is -0.508 e. The van der Waals surface area contributed by atoms with Crippen molar-refractivity contribution in [3.63, 3.8) is 0 Å². The third kappa shape index (κ3) is 22.2. The minimum absolute atomic E-state index is 0.0102. The van der Waals surface area contributed by atoms with Gasteiger partial charge in [-0.2, -0.15) is 0 Å². The topological polar surface area (TPSA) is 447 Å². The zero-order chi connectivity index (χ0) is 62.4. The van der Waals surface area contributed by atoms with Gasteiger partial charge >= 0.3 is 0 Å². The second kappa shape index (κ2) is 32.5. The molecule has 85 heavy (non-hydrogen) atoms. The molecular formula is C56H76N14O13S2. The number of aromatic hydroxyl groups is 1. The molecule has 27 nitrogen and oxygen atoms in total. The Morgan fingerprint density at radius 2 is 1.32 bits per heavy atom. The number of amides is 11. The molecule has 3 unspecified atom stereocenters. The van der Waals surface area contributed by atoms with Gasteiger partial charge in [0.15, 0.2) is 5.96 Å². The van der Waals surface area contributed by atoms with E-state index in [9.17, 15) is 57.8 Å². The first-order chi connectivity index (χ1) is 40.3. The predicted molar refractivity (Wildman–Crippen MR) is 317 cm³/mol. The largest absolute Gasteiger partial charge is 0.508 e. The van der Waals surface area contributed by atoms with Gasteiger partial charge in [-0.1, -0.05) is 76.2 Å². The molecule has 0 spiro atoms. The lowest BCUT2D eigenvalue weighted by Gasteiger charge is -2.31. The maximum Gasteiger partial charge on any atom is 0.246 e. The van der Waals surface area contributed by atoms with Crippen LogP contribution in [0.3, 0.4) is 0 Å². The number of phenolic OH excluding ortho intramolecular Hbond substituents is 1. The molecule has 0 saturated carbocycles. The molecule has 5 rings (SSSR count). The average Bonchev–Trinajstić information content (AvgIpc) is 4.21. The summed E-state index contributed by atoms with van der Waals surface area (Å²) < 4.78 is 4.36. The van der Waals surface area contributed by atoms with E-state index in [4.69, 9.17) is 33.4 Å². The van der Waals surface area contributed by atoms with Crippen molar-refractivity contribution in [3.05, 3.63) is 95.6 Å². The van der Waals surface area contributed by atoms with Crippen LogP contribution in [-0.2, 0) is 72.0 Å². The van der Waals surface area contributed by atoms with Gasteiger partial charge < -0.3 is 80.6 Å². The number of carbonyl (C=O) groups excluding carboxylic acids is 11. The number of rotatable bonds is 22. The number of guanidine groups is 1. The first kappa shape index (κ1) is 67.2. The molecule has 8 atom stereocenters. The summed E-state index contributed by atoms with van der Waals surface area (Å²) in [5, 5.41) is 28.3.